The van der Waals surface area contributed by atoms with Crippen molar-refractivity contribution in [2.75, 3.05) is 12.4 Å². The zero-order chi connectivity index (χ0) is 22.0. The standard InChI is InChI=1S/C21H13Cl2FN4O3/c1-30-17-9-12(26-20(29)18-16(24)8-11(22)10-25-18)6-7-14(17)19-27-21(31-28-19)13-4-2-3-5-15(13)23/h2-10H,1H3,(H,26,29). The number of nitrogens with zero attached hydrogens (tertiary/aromatic N) is 3. The quantitative estimate of drug-likeness (QED) is 0.424. The van der Waals surface area contributed by atoms with Crippen molar-refractivity contribution in [2.45, 2.75) is 0 Å². The summed E-state index contributed by atoms with van der Waals surface area (Å²) in [6.45, 7) is 0. The molecule has 0 atom stereocenters. The summed E-state index contributed by atoms with van der Waals surface area (Å²) >= 11 is 11.8. The molecule has 4 rings (SSSR count). The van der Waals surface area contributed by atoms with Gasteiger partial charge in [-0.05, 0) is 30.3 Å². The second-order valence-corrected chi connectivity index (χ2v) is 7.10. The molecule has 0 aliphatic heterocycles. The largest absolute Gasteiger partial charge is 0.496 e. The van der Waals surface area contributed by atoms with Crippen LogP contribution in [0.3, 0.4) is 0 Å². The van der Waals surface area contributed by atoms with Crippen molar-refractivity contribution < 1.29 is 18.4 Å². The molecule has 0 saturated carbocycles. The third kappa shape index (κ3) is 4.35. The lowest BCUT2D eigenvalue weighted by molar-refractivity contribution is 0.101. The van der Waals surface area contributed by atoms with E-state index in [4.69, 9.17) is 32.5 Å². The highest BCUT2D eigenvalue weighted by atomic mass is 35.5. The van der Waals surface area contributed by atoms with E-state index < -0.39 is 11.7 Å². The van der Waals surface area contributed by atoms with Gasteiger partial charge in [-0.1, -0.05) is 40.5 Å². The summed E-state index contributed by atoms with van der Waals surface area (Å²) in [5, 5.41) is 7.12. The fourth-order valence-electron chi connectivity index (χ4n) is 2.80. The Morgan fingerprint density at radius 2 is 1.94 bits per heavy atom. The average Bonchev–Trinajstić information content (AvgIpc) is 3.23. The second kappa shape index (κ2) is 8.71. The maximum atomic E-state index is 13.9. The van der Waals surface area contributed by atoms with Crippen LogP contribution < -0.4 is 10.1 Å². The minimum atomic E-state index is -0.826. The third-order valence-corrected chi connectivity index (χ3v) is 4.79. The Hall–Kier alpha value is -3.49. The second-order valence-electron chi connectivity index (χ2n) is 6.26. The smallest absolute Gasteiger partial charge is 0.277 e. The van der Waals surface area contributed by atoms with E-state index in [1.54, 1.807) is 36.4 Å². The number of benzene rings is 2. The number of nitrogens with one attached hydrogen (secondary N) is 1. The molecule has 0 radical (unpaired) electrons. The number of hydrogen-bond donors (Lipinski definition) is 1. The number of hydrogen-bond acceptors (Lipinski definition) is 6. The number of carbonyl (C=O) groups excluding carboxylic acids is 1. The van der Waals surface area contributed by atoms with E-state index in [2.05, 4.69) is 20.4 Å². The molecule has 0 spiro atoms. The molecule has 0 saturated heterocycles. The van der Waals surface area contributed by atoms with Gasteiger partial charge in [0, 0.05) is 18.0 Å². The first-order valence-corrected chi connectivity index (χ1v) is 9.61. The molecule has 1 amide bonds. The Labute approximate surface area is 185 Å². The van der Waals surface area contributed by atoms with Crippen LogP contribution in [0.1, 0.15) is 10.5 Å². The van der Waals surface area contributed by atoms with E-state index >= 15 is 0 Å². The molecule has 31 heavy (non-hydrogen) atoms. The van der Waals surface area contributed by atoms with Gasteiger partial charge in [-0.3, -0.25) is 4.79 Å². The highest BCUT2D eigenvalue weighted by Crippen LogP contribution is 2.33. The zero-order valence-corrected chi connectivity index (χ0v) is 17.4. The molecule has 0 aliphatic rings. The molecular formula is C21H13Cl2FN4O3. The average molecular weight is 459 g/mol. The molecule has 7 nitrogen and oxygen atoms in total. The third-order valence-electron chi connectivity index (χ3n) is 4.25. The number of amides is 1. The normalized spacial score (nSPS) is 10.7. The molecule has 2 aromatic carbocycles. The Morgan fingerprint density at radius 1 is 1.13 bits per heavy atom. The molecule has 10 heteroatoms. The van der Waals surface area contributed by atoms with E-state index in [1.165, 1.54) is 13.3 Å². The number of halogens is 3. The predicted octanol–water partition coefficient (Wildman–Crippen LogP) is 5.51. The summed E-state index contributed by atoms with van der Waals surface area (Å²) in [4.78, 5) is 20.4. The van der Waals surface area contributed by atoms with E-state index in [0.717, 1.165) is 6.07 Å². The van der Waals surface area contributed by atoms with Gasteiger partial charge in [0.2, 0.25) is 5.82 Å². The summed E-state index contributed by atoms with van der Waals surface area (Å²) in [7, 11) is 1.46. The van der Waals surface area contributed by atoms with E-state index in [0.29, 0.717) is 27.6 Å². The van der Waals surface area contributed by atoms with E-state index in [-0.39, 0.29) is 22.4 Å². The van der Waals surface area contributed by atoms with Crippen LogP contribution in [0.4, 0.5) is 10.1 Å². The van der Waals surface area contributed by atoms with Crippen LogP contribution in [0.25, 0.3) is 22.8 Å². The van der Waals surface area contributed by atoms with Crippen LogP contribution in [0.15, 0.2) is 59.3 Å². The lowest BCUT2D eigenvalue weighted by atomic mass is 10.1. The Morgan fingerprint density at radius 3 is 2.68 bits per heavy atom. The number of rotatable bonds is 5. The minimum absolute atomic E-state index is 0.0938. The van der Waals surface area contributed by atoms with Crippen LogP contribution in [-0.4, -0.2) is 28.1 Å². The van der Waals surface area contributed by atoms with Gasteiger partial charge in [-0.15, -0.1) is 0 Å². The summed E-state index contributed by atoms with van der Waals surface area (Å²) in [5.74, 6) is -0.662. The monoisotopic (exact) mass is 458 g/mol. The summed E-state index contributed by atoms with van der Waals surface area (Å²) in [5.41, 5.74) is 1.10. The summed E-state index contributed by atoms with van der Waals surface area (Å²) in [6.07, 6.45) is 1.19. The van der Waals surface area contributed by atoms with Gasteiger partial charge in [0.25, 0.3) is 11.8 Å². The Kier molecular flexibility index (Phi) is 5.83. The van der Waals surface area contributed by atoms with Crippen molar-refractivity contribution in [2.24, 2.45) is 0 Å². The van der Waals surface area contributed by atoms with Crippen molar-refractivity contribution in [3.63, 3.8) is 0 Å². The molecule has 0 unspecified atom stereocenters. The van der Waals surface area contributed by atoms with Gasteiger partial charge < -0.3 is 14.6 Å². The number of methoxy groups -OCH3 is 1. The van der Waals surface area contributed by atoms with E-state index in [1.807, 2.05) is 6.07 Å². The zero-order valence-electron chi connectivity index (χ0n) is 15.9. The Bertz CT molecular complexity index is 1280. The number of pyridine rings is 1. The lowest BCUT2D eigenvalue weighted by Gasteiger charge is -2.10. The number of aromatic nitrogens is 3. The van der Waals surface area contributed by atoms with Crippen LogP contribution in [0.2, 0.25) is 10.0 Å². The molecule has 4 aromatic rings. The summed E-state index contributed by atoms with van der Waals surface area (Å²) in [6, 6.07) is 12.9. The minimum Gasteiger partial charge on any atom is -0.496 e. The fourth-order valence-corrected chi connectivity index (χ4v) is 3.16. The number of anilines is 1. The van der Waals surface area contributed by atoms with Crippen LogP contribution in [-0.2, 0) is 0 Å². The van der Waals surface area contributed by atoms with Crippen molar-refractivity contribution in [1.29, 1.82) is 0 Å². The highest BCUT2D eigenvalue weighted by molar-refractivity contribution is 6.33. The van der Waals surface area contributed by atoms with E-state index in [9.17, 15) is 9.18 Å². The molecule has 0 fully saturated rings. The molecule has 0 bridgehead atoms. The molecule has 0 aliphatic carbocycles. The topological polar surface area (TPSA) is 90.1 Å². The molecular weight excluding hydrogens is 446 g/mol. The molecule has 2 aromatic heterocycles. The van der Waals surface area contributed by atoms with Crippen LogP contribution >= 0.6 is 23.2 Å². The SMILES string of the molecule is COc1cc(NC(=O)c2ncc(Cl)cc2F)ccc1-c1noc(-c2ccccc2Cl)n1. The first kappa shape index (κ1) is 20.8. The maximum absolute atomic E-state index is 13.9. The van der Waals surface area contributed by atoms with Gasteiger partial charge in [0.1, 0.15) is 5.75 Å². The van der Waals surface area contributed by atoms with Crippen LogP contribution in [0, 0.1) is 5.82 Å². The molecule has 2 heterocycles. The van der Waals surface area contributed by atoms with Crippen LogP contribution in [0.5, 0.6) is 5.75 Å². The van der Waals surface area contributed by atoms with Crippen molar-refractivity contribution in [3.8, 4) is 28.6 Å². The first-order chi connectivity index (χ1) is 15.0. The van der Waals surface area contributed by atoms with Gasteiger partial charge in [-0.25, -0.2) is 9.37 Å². The number of carbonyl (C=O) groups is 1. The van der Waals surface area contributed by atoms with Crippen molar-refractivity contribution in [3.05, 3.63) is 76.3 Å². The Balaban J connectivity index is 1.60. The van der Waals surface area contributed by atoms with Gasteiger partial charge in [0.15, 0.2) is 11.5 Å². The van der Waals surface area contributed by atoms with Gasteiger partial charge in [0.05, 0.1) is 28.3 Å². The van der Waals surface area contributed by atoms with Gasteiger partial charge in [-0.2, -0.15) is 4.98 Å². The summed E-state index contributed by atoms with van der Waals surface area (Å²) < 4.78 is 24.7. The predicted molar refractivity (Wildman–Crippen MR) is 114 cm³/mol. The van der Waals surface area contributed by atoms with Crippen molar-refractivity contribution in [1.82, 2.24) is 15.1 Å². The molecule has 1 N–H and O–H groups in total. The molecule has 156 valence electrons. The maximum Gasteiger partial charge on any atom is 0.277 e. The van der Waals surface area contributed by atoms with Gasteiger partial charge >= 0.3 is 0 Å². The first-order valence-electron chi connectivity index (χ1n) is 8.85. The van der Waals surface area contributed by atoms with Crippen molar-refractivity contribution >= 4 is 34.8 Å². The highest BCUT2D eigenvalue weighted by Gasteiger charge is 2.18. The lowest BCUT2D eigenvalue weighted by Crippen LogP contribution is -2.15. The number of ether oxygens (including phenoxy) is 1. The fraction of sp³-hybridized carbons (Fsp3) is 0.0476.